The van der Waals surface area contributed by atoms with E-state index in [0.717, 1.165) is 5.56 Å². The zero-order valence-corrected chi connectivity index (χ0v) is 16.5. The molecule has 0 radical (unpaired) electrons. The maximum atomic E-state index is 12.6. The molecule has 0 spiro atoms. The van der Waals surface area contributed by atoms with Crippen LogP contribution in [-0.2, 0) is 11.3 Å². The Labute approximate surface area is 162 Å². The van der Waals surface area contributed by atoms with Crippen LogP contribution >= 0.6 is 12.4 Å². The van der Waals surface area contributed by atoms with Gasteiger partial charge in [0.2, 0.25) is 5.91 Å². The smallest absolute Gasteiger partial charge is 0.320 e. The molecule has 1 aliphatic rings. The van der Waals surface area contributed by atoms with E-state index in [1.54, 1.807) is 4.90 Å². The molecule has 1 atom stereocenters. The summed E-state index contributed by atoms with van der Waals surface area (Å²) in [5.74, 6) is 0.371. The van der Waals surface area contributed by atoms with Gasteiger partial charge in [-0.2, -0.15) is 0 Å². The SMILES string of the molecule is CC(CN)CNC(=O)C1CCN(C(=O)N(C)Cc2ccccc2)CC1.Cl. The quantitative estimate of drug-likeness (QED) is 0.790. The molecule has 6 nitrogen and oxygen atoms in total. The van der Waals surface area contributed by atoms with Crippen LogP contribution in [0.1, 0.15) is 25.3 Å². The molecule has 1 aromatic carbocycles. The summed E-state index contributed by atoms with van der Waals surface area (Å²) >= 11 is 0. The van der Waals surface area contributed by atoms with E-state index in [2.05, 4.69) is 5.32 Å². The molecular weight excluding hydrogens is 352 g/mol. The van der Waals surface area contributed by atoms with Crippen LogP contribution in [0.25, 0.3) is 0 Å². The molecule has 2 rings (SSSR count). The van der Waals surface area contributed by atoms with Gasteiger partial charge in [0.1, 0.15) is 0 Å². The number of carbonyl (C=O) groups excluding carboxylic acids is 2. The zero-order valence-electron chi connectivity index (χ0n) is 15.7. The minimum atomic E-state index is -0.00606. The van der Waals surface area contributed by atoms with Gasteiger partial charge in [-0.25, -0.2) is 4.79 Å². The third kappa shape index (κ3) is 6.50. The molecule has 1 aromatic rings. The molecule has 0 saturated carbocycles. The van der Waals surface area contributed by atoms with E-state index < -0.39 is 0 Å². The summed E-state index contributed by atoms with van der Waals surface area (Å²) in [6, 6.07) is 9.98. The number of rotatable bonds is 6. The van der Waals surface area contributed by atoms with Gasteiger partial charge in [-0.05, 0) is 30.9 Å². The fourth-order valence-electron chi connectivity index (χ4n) is 3.00. The number of benzene rings is 1. The highest BCUT2D eigenvalue weighted by atomic mass is 35.5. The first-order valence-corrected chi connectivity index (χ1v) is 9.03. The van der Waals surface area contributed by atoms with Crippen molar-refractivity contribution in [1.29, 1.82) is 0 Å². The van der Waals surface area contributed by atoms with Crippen molar-refractivity contribution >= 4 is 24.3 Å². The van der Waals surface area contributed by atoms with Crippen molar-refractivity contribution in [2.24, 2.45) is 17.6 Å². The first-order chi connectivity index (χ1) is 12.0. The Kier molecular flexibility index (Phi) is 9.44. The lowest BCUT2D eigenvalue weighted by atomic mass is 9.96. The van der Waals surface area contributed by atoms with Crippen LogP contribution in [-0.4, -0.2) is 55.0 Å². The Morgan fingerprint density at radius 2 is 1.88 bits per heavy atom. The standard InChI is InChI=1S/C19H30N4O2.ClH/c1-15(12-20)13-21-18(24)17-8-10-23(11-9-17)19(25)22(2)14-16-6-4-3-5-7-16;/h3-7,15,17H,8-14,20H2,1-2H3,(H,21,24);1H. The highest BCUT2D eigenvalue weighted by Crippen LogP contribution is 2.19. The van der Waals surface area contributed by atoms with Gasteiger partial charge in [0.05, 0.1) is 0 Å². The van der Waals surface area contributed by atoms with Gasteiger partial charge < -0.3 is 20.9 Å². The number of carbonyl (C=O) groups is 2. The average molecular weight is 383 g/mol. The maximum Gasteiger partial charge on any atom is 0.320 e. The van der Waals surface area contributed by atoms with Gasteiger partial charge in [0.15, 0.2) is 0 Å². The molecule has 3 amide bonds. The summed E-state index contributed by atoms with van der Waals surface area (Å²) in [7, 11) is 1.82. The van der Waals surface area contributed by atoms with Gasteiger partial charge in [0.25, 0.3) is 0 Å². The summed E-state index contributed by atoms with van der Waals surface area (Å²) in [5.41, 5.74) is 6.68. The molecule has 0 aromatic heterocycles. The number of likely N-dealkylation sites (tertiary alicyclic amines) is 1. The van der Waals surface area contributed by atoms with Crippen LogP contribution in [0.2, 0.25) is 0 Å². The molecule has 0 bridgehead atoms. The number of amides is 3. The molecule has 1 fully saturated rings. The lowest BCUT2D eigenvalue weighted by Gasteiger charge is -2.34. The van der Waals surface area contributed by atoms with Crippen LogP contribution in [0.5, 0.6) is 0 Å². The van der Waals surface area contributed by atoms with E-state index in [1.807, 2.05) is 49.2 Å². The molecule has 1 saturated heterocycles. The summed E-state index contributed by atoms with van der Waals surface area (Å²) in [6.45, 7) is 5.06. The summed E-state index contributed by atoms with van der Waals surface area (Å²) in [6.07, 6.45) is 1.43. The van der Waals surface area contributed by atoms with E-state index in [0.29, 0.717) is 45.6 Å². The van der Waals surface area contributed by atoms with E-state index >= 15 is 0 Å². The van der Waals surface area contributed by atoms with Crippen LogP contribution in [0.15, 0.2) is 30.3 Å². The average Bonchev–Trinajstić information content (AvgIpc) is 2.66. The fourth-order valence-corrected chi connectivity index (χ4v) is 3.00. The topological polar surface area (TPSA) is 78.7 Å². The molecular formula is C19H31ClN4O2. The van der Waals surface area contributed by atoms with Crippen LogP contribution < -0.4 is 11.1 Å². The summed E-state index contributed by atoms with van der Waals surface area (Å²) in [4.78, 5) is 28.4. The number of nitrogens with two attached hydrogens (primary N) is 1. The highest BCUT2D eigenvalue weighted by Gasteiger charge is 2.28. The minimum Gasteiger partial charge on any atom is -0.356 e. The lowest BCUT2D eigenvalue weighted by Crippen LogP contribution is -2.47. The predicted octanol–water partition coefficient (Wildman–Crippen LogP) is 2.08. The highest BCUT2D eigenvalue weighted by molar-refractivity contribution is 5.85. The molecule has 1 heterocycles. The largest absolute Gasteiger partial charge is 0.356 e. The number of nitrogens with one attached hydrogen (secondary N) is 1. The normalized spacial score (nSPS) is 15.7. The Morgan fingerprint density at radius 3 is 2.46 bits per heavy atom. The minimum absolute atomic E-state index is 0. The van der Waals surface area contributed by atoms with Gasteiger partial charge in [0, 0.05) is 39.1 Å². The second-order valence-electron chi connectivity index (χ2n) is 6.97. The van der Waals surface area contributed by atoms with Crippen LogP contribution in [0.4, 0.5) is 4.79 Å². The molecule has 26 heavy (non-hydrogen) atoms. The van der Waals surface area contributed by atoms with E-state index in [4.69, 9.17) is 5.73 Å². The first kappa shape index (κ1) is 22.3. The lowest BCUT2D eigenvalue weighted by molar-refractivity contribution is -0.126. The number of nitrogens with zero attached hydrogens (tertiary/aromatic N) is 2. The summed E-state index contributed by atoms with van der Waals surface area (Å²) < 4.78 is 0. The molecule has 3 N–H and O–H groups in total. The number of hydrogen-bond acceptors (Lipinski definition) is 3. The predicted molar refractivity (Wildman–Crippen MR) is 106 cm³/mol. The first-order valence-electron chi connectivity index (χ1n) is 9.03. The number of halogens is 1. The Hall–Kier alpha value is -1.79. The number of piperidine rings is 1. The summed E-state index contributed by atoms with van der Waals surface area (Å²) in [5, 5.41) is 2.97. The van der Waals surface area contributed by atoms with Gasteiger partial charge in [-0.1, -0.05) is 37.3 Å². The molecule has 0 aliphatic carbocycles. The van der Waals surface area contributed by atoms with Crippen molar-refractivity contribution in [3.8, 4) is 0 Å². The monoisotopic (exact) mass is 382 g/mol. The van der Waals surface area contributed by atoms with Gasteiger partial charge in [-0.3, -0.25) is 4.79 Å². The van der Waals surface area contributed by atoms with E-state index in [9.17, 15) is 9.59 Å². The maximum absolute atomic E-state index is 12.6. The Morgan fingerprint density at radius 1 is 1.27 bits per heavy atom. The molecule has 1 unspecified atom stereocenters. The third-order valence-electron chi connectivity index (χ3n) is 4.75. The van der Waals surface area contributed by atoms with Crippen LogP contribution in [0.3, 0.4) is 0 Å². The molecule has 1 aliphatic heterocycles. The molecule has 7 heteroatoms. The third-order valence-corrected chi connectivity index (χ3v) is 4.75. The van der Waals surface area contributed by atoms with Crippen molar-refractivity contribution in [2.75, 3.05) is 33.2 Å². The second-order valence-corrected chi connectivity index (χ2v) is 6.97. The second kappa shape index (κ2) is 11.0. The number of hydrogen-bond donors (Lipinski definition) is 2. The fraction of sp³-hybridized carbons (Fsp3) is 0.579. The van der Waals surface area contributed by atoms with Crippen molar-refractivity contribution in [1.82, 2.24) is 15.1 Å². The van der Waals surface area contributed by atoms with Crippen molar-refractivity contribution in [2.45, 2.75) is 26.3 Å². The van der Waals surface area contributed by atoms with Gasteiger partial charge >= 0.3 is 6.03 Å². The van der Waals surface area contributed by atoms with Crippen LogP contribution in [0, 0.1) is 11.8 Å². The zero-order chi connectivity index (χ0) is 18.2. The van der Waals surface area contributed by atoms with E-state index in [-0.39, 0.29) is 36.2 Å². The van der Waals surface area contributed by atoms with Crippen molar-refractivity contribution in [3.63, 3.8) is 0 Å². The van der Waals surface area contributed by atoms with E-state index in [1.165, 1.54) is 0 Å². The van der Waals surface area contributed by atoms with Crippen molar-refractivity contribution < 1.29 is 9.59 Å². The van der Waals surface area contributed by atoms with Gasteiger partial charge in [-0.15, -0.1) is 12.4 Å². The Bertz CT molecular complexity index is 562. The van der Waals surface area contributed by atoms with Crippen molar-refractivity contribution in [3.05, 3.63) is 35.9 Å². The molecule has 146 valence electrons. The Balaban J connectivity index is 0.00000338. The number of urea groups is 1.